The van der Waals surface area contributed by atoms with E-state index in [0.717, 1.165) is 55.6 Å². The first-order valence-corrected chi connectivity index (χ1v) is 24.2. The molecule has 1 N–H and O–H groups in total. The summed E-state index contributed by atoms with van der Waals surface area (Å²) >= 11 is -0.527. The number of rotatable bonds is 6. The fraction of sp³-hybridized carbons (Fsp3) is 0. The number of para-hydroxylation sites is 1. The molecule has 1 aliphatic rings. The molecule has 10 aromatic carbocycles. The zero-order valence-corrected chi connectivity index (χ0v) is 37.3. The summed E-state index contributed by atoms with van der Waals surface area (Å²) in [5.41, 5.74) is 14.4. The third-order valence-corrected chi connectivity index (χ3v) is 15.8. The van der Waals surface area contributed by atoms with Crippen molar-refractivity contribution < 1.29 is 0 Å². The molecule has 0 amide bonds. The molecule has 1 aliphatic heterocycles. The lowest BCUT2D eigenvalue weighted by molar-refractivity contribution is 1.40. The van der Waals surface area contributed by atoms with Gasteiger partial charge in [-0.2, -0.15) is 0 Å². The number of pyridine rings is 1. The van der Waals surface area contributed by atoms with E-state index in [-0.39, 0.29) is 0 Å². The van der Waals surface area contributed by atoms with Crippen LogP contribution in [0.5, 0.6) is 0 Å². The summed E-state index contributed by atoms with van der Waals surface area (Å²) in [6, 6.07) is 79.0. The van der Waals surface area contributed by atoms with Crippen LogP contribution in [0.25, 0.3) is 102 Å². The van der Waals surface area contributed by atoms with E-state index < -0.39 is 20.7 Å². The summed E-state index contributed by atoms with van der Waals surface area (Å²) < 4.78 is 2.53. The number of fused-ring (bicyclic) bond motifs is 11. The minimum atomic E-state index is -0.527. The molecule has 0 unspecified atom stereocenters. The van der Waals surface area contributed by atoms with E-state index in [9.17, 15) is 0 Å². The first-order valence-electron chi connectivity index (χ1n) is 22.0. The molecule has 0 fully saturated rings. The van der Waals surface area contributed by atoms with Gasteiger partial charge in [0.2, 0.25) is 0 Å². The van der Waals surface area contributed by atoms with Crippen molar-refractivity contribution in [3.63, 3.8) is 0 Å². The molecule has 0 saturated heterocycles. The first-order chi connectivity index (χ1) is 32.2. The summed E-state index contributed by atoms with van der Waals surface area (Å²) in [5, 5.41) is 11.1. The third kappa shape index (κ3) is 6.51. The van der Waals surface area contributed by atoms with Crippen molar-refractivity contribution in [1.29, 1.82) is 0 Å². The predicted octanol–water partition coefficient (Wildman–Crippen LogP) is 16.3. The van der Waals surface area contributed by atoms with Gasteiger partial charge in [0.05, 0.1) is 22.4 Å². The van der Waals surface area contributed by atoms with E-state index in [1.165, 1.54) is 72.6 Å². The Balaban J connectivity index is 0.945. The lowest BCUT2D eigenvalue weighted by Gasteiger charge is -2.15. The Morgan fingerprint density at radius 2 is 0.877 bits per heavy atom. The highest BCUT2D eigenvalue weighted by Crippen LogP contribution is 2.42. The van der Waals surface area contributed by atoms with Crippen LogP contribution in [0.4, 0.5) is 0 Å². The van der Waals surface area contributed by atoms with Crippen molar-refractivity contribution in [3.8, 4) is 33.5 Å². The molecule has 3 nitrogen and oxygen atoms in total. The van der Waals surface area contributed by atoms with Gasteiger partial charge in [-0.1, -0.05) is 215 Å². The molecule has 13 rings (SSSR count). The molecule has 0 bridgehead atoms. The Hall–Kier alpha value is -7.80. The highest BCUT2D eigenvalue weighted by atomic mass is 127. The van der Waals surface area contributed by atoms with Crippen LogP contribution in [0.1, 0.15) is 16.7 Å². The number of H-pyrrole nitrogens is 1. The van der Waals surface area contributed by atoms with Gasteiger partial charge in [0.25, 0.3) is 0 Å². The monoisotopic (exact) mass is 939 g/mol. The predicted molar refractivity (Wildman–Crippen MR) is 285 cm³/mol. The lowest BCUT2D eigenvalue weighted by Crippen LogP contribution is -2.07. The summed E-state index contributed by atoms with van der Waals surface area (Å²) in [4.78, 5) is 14.8. The minimum Gasteiger partial charge on any atom is -0.353 e. The highest BCUT2D eigenvalue weighted by molar-refractivity contribution is 14.2. The van der Waals surface area contributed by atoms with E-state index in [1.807, 2.05) is 0 Å². The molecule has 3 heterocycles. The Bertz CT molecular complexity index is 3940. The molecule has 0 saturated carbocycles. The van der Waals surface area contributed by atoms with Crippen molar-refractivity contribution >= 4 is 98.7 Å². The molecule has 65 heavy (non-hydrogen) atoms. The summed E-state index contributed by atoms with van der Waals surface area (Å²) in [5.74, 6) is 0. The third-order valence-electron chi connectivity index (χ3n) is 12.9. The van der Waals surface area contributed by atoms with Crippen LogP contribution in [-0.4, -0.2) is 19.3 Å². The van der Waals surface area contributed by atoms with Crippen LogP contribution in [0.3, 0.4) is 0 Å². The Labute approximate surface area is 385 Å². The molecule has 0 atom stereocenters. The van der Waals surface area contributed by atoms with Crippen molar-refractivity contribution in [3.05, 3.63) is 241 Å². The molecule has 304 valence electrons. The molecule has 0 aliphatic carbocycles. The average Bonchev–Trinajstić information content (AvgIpc) is 3.79. The van der Waals surface area contributed by atoms with Crippen LogP contribution in [0.2, 0.25) is 0 Å². The second-order valence-corrected chi connectivity index (χ2v) is 19.5. The number of halogens is 1. The van der Waals surface area contributed by atoms with Crippen molar-refractivity contribution in [2.45, 2.75) is 0 Å². The zero-order valence-electron chi connectivity index (χ0n) is 35.1. The zero-order chi connectivity index (χ0) is 42.8. The van der Waals surface area contributed by atoms with Crippen molar-refractivity contribution in [2.24, 2.45) is 4.99 Å². The molecule has 2 aromatic heterocycles. The summed E-state index contributed by atoms with van der Waals surface area (Å²) in [6.07, 6.45) is 2.33. The van der Waals surface area contributed by atoms with Gasteiger partial charge in [-0.3, -0.25) is 0 Å². The van der Waals surface area contributed by atoms with Crippen LogP contribution >= 0.6 is 20.7 Å². The van der Waals surface area contributed by atoms with Crippen LogP contribution in [0, 0.1) is 0 Å². The molecular weight excluding hydrogens is 902 g/mol. The Morgan fingerprint density at radius 3 is 1.62 bits per heavy atom. The quantitative estimate of drug-likeness (QED) is 0.131. The van der Waals surface area contributed by atoms with E-state index in [2.05, 4.69) is 229 Å². The number of aliphatic imine (C=N–C) groups is 1. The second kappa shape index (κ2) is 15.5. The lowest BCUT2D eigenvalue weighted by atomic mass is 9.92. The topological polar surface area (TPSA) is 41.0 Å². The fourth-order valence-electron chi connectivity index (χ4n) is 9.75. The van der Waals surface area contributed by atoms with Gasteiger partial charge in [0.1, 0.15) is 3.63 Å². The van der Waals surface area contributed by atoms with Gasteiger partial charge in [0, 0.05) is 41.9 Å². The van der Waals surface area contributed by atoms with Crippen LogP contribution in [-0.2, 0) is 0 Å². The van der Waals surface area contributed by atoms with E-state index in [1.54, 1.807) is 0 Å². The van der Waals surface area contributed by atoms with Gasteiger partial charge in [-0.05, 0) is 90.5 Å². The summed E-state index contributed by atoms with van der Waals surface area (Å²) in [7, 11) is 0. The molecule has 0 spiro atoms. The SMILES string of the molecule is C1=C(c2ccc(-c3ccccc3)cc2)I=C(c2ccccc2)N=C1c1cccc(-c2ccc3c(c2)nc(-c2ccc4c5ccccc5c5ccccc5c4c2)c2[nH]c4ccccc4c23)c1. The van der Waals surface area contributed by atoms with Crippen LogP contribution < -0.4 is 0 Å². The number of hydrogen-bond donors (Lipinski definition) is 1. The van der Waals surface area contributed by atoms with Gasteiger partial charge in [0.15, 0.2) is 0 Å². The molecule has 4 heteroatoms. The second-order valence-electron chi connectivity index (χ2n) is 16.7. The maximum absolute atomic E-state index is 5.56. The Morgan fingerprint density at radius 1 is 0.354 bits per heavy atom. The van der Waals surface area contributed by atoms with Gasteiger partial charge < -0.3 is 4.98 Å². The van der Waals surface area contributed by atoms with Gasteiger partial charge in [-0.25, -0.2) is 9.98 Å². The van der Waals surface area contributed by atoms with Crippen molar-refractivity contribution in [2.75, 3.05) is 0 Å². The normalized spacial score (nSPS) is 13.0. The van der Waals surface area contributed by atoms with Crippen LogP contribution in [0.15, 0.2) is 229 Å². The summed E-state index contributed by atoms with van der Waals surface area (Å²) in [6.45, 7) is 0. The average molecular weight is 940 g/mol. The standard InChI is InChI=1S/C61H38IN3/c1-3-14-38(15-4-1)39-26-28-40(29-27-39)54-37-56(65-61(62-54)41-16-5-2-6-17-41)44-19-13-18-42(34-44)43-30-33-52-57(36-43)64-59(60-58(52)51-24-11-12-25-55(51)63-60)45-31-32-50-48-22-8-7-20-46(48)47-21-9-10-23-49(47)53(50)35-45/h1-37,63H. The number of hydrogen-bond acceptors (Lipinski definition) is 2. The largest absolute Gasteiger partial charge is 0.353 e. The number of allylic oxidation sites excluding steroid dienone is 1. The minimum absolute atomic E-state index is 0.527. The van der Waals surface area contributed by atoms with E-state index >= 15 is 0 Å². The number of aromatic nitrogens is 2. The van der Waals surface area contributed by atoms with Crippen molar-refractivity contribution in [1.82, 2.24) is 9.97 Å². The van der Waals surface area contributed by atoms with Gasteiger partial charge in [-0.15, -0.1) is 0 Å². The highest BCUT2D eigenvalue weighted by Gasteiger charge is 2.19. The number of nitrogens with one attached hydrogen (secondary N) is 1. The number of aromatic amines is 1. The fourth-order valence-corrected chi connectivity index (χ4v) is 12.5. The molecule has 0 radical (unpaired) electrons. The van der Waals surface area contributed by atoms with Gasteiger partial charge >= 0.3 is 0 Å². The number of benzene rings is 10. The maximum atomic E-state index is 5.56. The smallest absolute Gasteiger partial charge is 0.104 e. The number of nitrogens with zero attached hydrogens (tertiary/aromatic N) is 2. The molecular formula is C61H38IN3. The maximum Gasteiger partial charge on any atom is 0.104 e. The first kappa shape index (κ1) is 37.7. The molecule has 12 aromatic rings. The van der Waals surface area contributed by atoms with E-state index in [0.29, 0.717) is 0 Å². The van der Waals surface area contributed by atoms with E-state index in [4.69, 9.17) is 9.98 Å². The Kier molecular flexibility index (Phi) is 8.98.